The van der Waals surface area contributed by atoms with Crippen molar-refractivity contribution in [3.05, 3.63) is 35.4 Å². The first-order valence-electron chi connectivity index (χ1n) is 10.8. The molecule has 0 bridgehead atoms. The van der Waals surface area contributed by atoms with Crippen LogP contribution in [-0.4, -0.2) is 62.1 Å². The van der Waals surface area contributed by atoms with Crippen molar-refractivity contribution in [1.29, 1.82) is 0 Å². The van der Waals surface area contributed by atoms with E-state index in [1.165, 1.54) is 82.4 Å². The maximum absolute atomic E-state index is 4.34. The highest BCUT2D eigenvalue weighted by Gasteiger charge is 2.11. The van der Waals surface area contributed by atoms with Crippen LogP contribution in [0, 0.1) is 0 Å². The van der Waals surface area contributed by atoms with E-state index in [1.807, 2.05) is 7.05 Å². The van der Waals surface area contributed by atoms with Gasteiger partial charge in [-0.2, -0.15) is 0 Å². The van der Waals surface area contributed by atoms with Crippen LogP contribution in [0.4, 0.5) is 0 Å². The lowest BCUT2D eigenvalue weighted by atomic mass is 10.1. The van der Waals surface area contributed by atoms with Crippen LogP contribution in [0.25, 0.3) is 0 Å². The summed E-state index contributed by atoms with van der Waals surface area (Å²) >= 11 is 0. The Morgan fingerprint density at radius 2 is 1.48 bits per heavy atom. The van der Waals surface area contributed by atoms with E-state index in [0.29, 0.717) is 0 Å². The first kappa shape index (κ1) is 20.2. The van der Waals surface area contributed by atoms with Crippen LogP contribution >= 0.6 is 0 Å². The molecule has 0 unspecified atom stereocenters. The fraction of sp³-hybridized carbons (Fsp3) is 0.682. The molecule has 2 saturated heterocycles. The average Bonchev–Trinajstić information content (AvgIpc) is 3.39. The van der Waals surface area contributed by atoms with Crippen molar-refractivity contribution in [1.82, 2.24) is 20.4 Å². The first-order valence-corrected chi connectivity index (χ1v) is 10.8. The maximum atomic E-state index is 4.34. The molecule has 1 aromatic carbocycles. The number of aliphatic imine (C=N–C) groups is 1. The van der Waals surface area contributed by atoms with Crippen molar-refractivity contribution in [2.24, 2.45) is 4.99 Å². The highest BCUT2D eigenvalue weighted by molar-refractivity contribution is 5.79. The molecule has 0 saturated carbocycles. The monoisotopic (exact) mass is 371 g/mol. The van der Waals surface area contributed by atoms with Crippen LogP contribution < -0.4 is 10.6 Å². The van der Waals surface area contributed by atoms with Crippen LogP contribution in [0.5, 0.6) is 0 Å². The third kappa shape index (κ3) is 7.15. The van der Waals surface area contributed by atoms with Crippen LogP contribution in [0.15, 0.2) is 29.3 Å². The Hall–Kier alpha value is -1.59. The molecular formula is C22H37N5. The second-order valence-corrected chi connectivity index (χ2v) is 7.91. The van der Waals surface area contributed by atoms with Crippen molar-refractivity contribution in [2.45, 2.75) is 51.6 Å². The molecule has 0 amide bonds. The summed E-state index contributed by atoms with van der Waals surface area (Å²) in [5, 5.41) is 6.87. The van der Waals surface area contributed by atoms with Crippen molar-refractivity contribution in [3.8, 4) is 0 Å². The molecular weight excluding hydrogens is 334 g/mol. The number of rotatable bonds is 9. The molecule has 2 aliphatic rings. The Balaban J connectivity index is 1.30. The number of nitrogens with zero attached hydrogens (tertiary/aromatic N) is 3. The van der Waals surface area contributed by atoms with Gasteiger partial charge < -0.3 is 15.5 Å². The standard InChI is InChI=1S/C22H37N5/c1-23-22(24-12-2-3-13-26-14-4-5-15-26)25-18-20-8-10-21(11-9-20)19-27-16-6-7-17-27/h8-11H,2-7,12-19H2,1H3,(H2,23,24,25). The van der Waals surface area contributed by atoms with E-state index in [-0.39, 0.29) is 0 Å². The predicted octanol–water partition coefficient (Wildman–Crippen LogP) is 2.82. The van der Waals surface area contributed by atoms with E-state index in [2.05, 4.69) is 49.7 Å². The van der Waals surface area contributed by atoms with E-state index in [1.54, 1.807) is 0 Å². The molecule has 0 spiro atoms. The molecule has 0 atom stereocenters. The molecule has 2 N–H and O–H groups in total. The lowest BCUT2D eigenvalue weighted by Crippen LogP contribution is -2.37. The van der Waals surface area contributed by atoms with E-state index in [4.69, 9.17) is 0 Å². The quantitative estimate of drug-likeness (QED) is 0.398. The van der Waals surface area contributed by atoms with Gasteiger partial charge in [0.15, 0.2) is 5.96 Å². The van der Waals surface area contributed by atoms with Crippen LogP contribution in [-0.2, 0) is 13.1 Å². The van der Waals surface area contributed by atoms with Crippen molar-refractivity contribution < 1.29 is 0 Å². The van der Waals surface area contributed by atoms with Crippen molar-refractivity contribution in [2.75, 3.05) is 46.3 Å². The number of hydrogen-bond donors (Lipinski definition) is 2. The van der Waals surface area contributed by atoms with Gasteiger partial charge in [0, 0.05) is 26.7 Å². The second-order valence-electron chi connectivity index (χ2n) is 7.91. The molecule has 2 aliphatic heterocycles. The molecule has 1 aromatic rings. The third-order valence-corrected chi connectivity index (χ3v) is 5.70. The largest absolute Gasteiger partial charge is 0.356 e. The van der Waals surface area contributed by atoms with E-state index in [0.717, 1.165) is 25.6 Å². The second kappa shape index (κ2) is 11.3. The summed E-state index contributed by atoms with van der Waals surface area (Å²) in [5.41, 5.74) is 2.72. The van der Waals surface area contributed by atoms with Gasteiger partial charge in [-0.1, -0.05) is 24.3 Å². The van der Waals surface area contributed by atoms with E-state index in [9.17, 15) is 0 Å². The predicted molar refractivity (Wildman–Crippen MR) is 114 cm³/mol. The SMILES string of the molecule is CN=C(NCCCCN1CCCC1)NCc1ccc(CN2CCCC2)cc1. The Kier molecular flexibility index (Phi) is 8.43. The van der Waals surface area contributed by atoms with Gasteiger partial charge in [-0.05, 0) is 82.4 Å². The smallest absolute Gasteiger partial charge is 0.191 e. The minimum Gasteiger partial charge on any atom is -0.356 e. The summed E-state index contributed by atoms with van der Waals surface area (Å²) < 4.78 is 0. The zero-order valence-corrected chi connectivity index (χ0v) is 17.1. The Bertz CT molecular complexity index is 557. The fourth-order valence-corrected chi connectivity index (χ4v) is 4.04. The van der Waals surface area contributed by atoms with Gasteiger partial charge >= 0.3 is 0 Å². The molecule has 5 heteroatoms. The highest BCUT2D eigenvalue weighted by Crippen LogP contribution is 2.13. The van der Waals surface area contributed by atoms with Crippen LogP contribution in [0.1, 0.15) is 49.7 Å². The number of hydrogen-bond acceptors (Lipinski definition) is 3. The lowest BCUT2D eigenvalue weighted by molar-refractivity contribution is 0.330. The summed E-state index contributed by atoms with van der Waals surface area (Å²) in [6, 6.07) is 9.01. The number of guanidine groups is 1. The minimum atomic E-state index is 0.817. The number of nitrogens with one attached hydrogen (secondary N) is 2. The summed E-state index contributed by atoms with van der Waals surface area (Å²) in [7, 11) is 1.85. The van der Waals surface area contributed by atoms with E-state index >= 15 is 0 Å². The molecule has 0 aliphatic carbocycles. The maximum Gasteiger partial charge on any atom is 0.191 e. The Labute approximate surface area is 165 Å². The minimum absolute atomic E-state index is 0.817. The molecule has 0 aromatic heterocycles. The van der Waals surface area contributed by atoms with Gasteiger partial charge in [0.25, 0.3) is 0 Å². The van der Waals surface area contributed by atoms with Crippen LogP contribution in [0.2, 0.25) is 0 Å². The third-order valence-electron chi connectivity index (χ3n) is 5.70. The van der Waals surface area contributed by atoms with E-state index < -0.39 is 0 Å². The van der Waals surface area contributed by atoms with Gasteiger partial charge in [0.05, 0.1) is 0 Å². The van der Waals surface area contributed by atoms with Gasteiger partial charge in [-0.3, -0.25) is 9.89 Å². The Morgan fingerprint density at radius 3 is 2.15 bits per heavy atom. The van der Waals surface area contributed by atoms with Crippen LogP contribution in [0.3, 0.4) is 0 Å². The number of benzene rings is 1. The van der Waals surface area contributed by atoms with Gasteiger partial charge in [-0.15, -0.1) is 0 Å². The summed E-state index contributed by atoms with van der Waals surface area (Å²) in [6.45, 7) is 9.25. The number of likely N-dealkylation sites (tertiary alicyclic amines) is 2. The number of unbranched alkanes of at least 4 members (excludes halogenated alkanes) is 1. The zero-order chi connectivity index (χ0) is 18.7. The zero-order valence-electron chi connectivity index (χ0n) is 17.1. The molecule has 150 valence electrons. The summed E-state index contributed by atoms with van der Waals surface area (Å²) in [5.74, 6) is 0.900. The van der Waals surface area contributed by atoms with Gasteiger partial charge in [0.2, 0.25) is 0 Å². The van der Waals surface area contributed by atoms with Crippen molar-refractivity contribution in [3.63, 3.8) is 0 Å². The van der Waals surface area contributed by atoms with Gasteiger partial charge in [-0.25, -0.2) is 0 Å². The lowest BCUT2D eigenvalue weighted by Gasteiger charge is -2.16. The fourth-order valence-electron chi connectivity index (χ4n) is 4.04. The van der Waals surface area contributed by atoms with Crippen molar-refractivity contribution >= 4 is 5.96 Å². The molecule has 3 rings (SSSR count). The molecule has 2 heterocycles. The highest BCUT2D eigenvalue weighted by atomic mass is 15.2. The topological polar surface area (TPSA) is 42.9 Å². The average molecular weight is 372 g/mol. The summed E-state index contributed by atoms with van der Waals surface area (Å²) in [6.07, 6.45) is 7.94. The first-order chi connectivity index (χ1) is 13.3. The molecule has 27 heavy (non-hydrogen) atoms. The molecule has 5 nitrogen and oxygen atoms in total. The normalized spacial score (nSPS) is 18.9. The molecule has 2 fully saturated rings. The summed E-state index contributed by atoms with van der Waals surface area (Å²) in [4.78, 5) is 9.47. The molecule has 0 radical (unpaired) electrons. The van der Waals surface area contributed by atoms with Gasteiger partial charge in [0.1, 0.15) is 0 Å². The Morgan fingerprint density at radius 1 is 0.852 bits per heavy atom.